The van der Waals surface area contributed by atoms with Crippen molar-refractivity contribution in [2.24, 2.45) is 0 Å². The van der Waals surface area contributed by atoms with Crippen molar-refractivity contribution in [1.82, 2.24) is 14.5 Å². The lowest BCUT2D eigenvalue weighted by atomic mass is 9.98. The molecule has 2 aliphatic rings. The monoisotopic (exact) mass is 470 g/mol. The molecule has 2 aromatic rings. The Balaban J connectivity index is 1.34. The SMILES string of the molecule is CC(=O)Nc1cccc2c1CCN(C(=O)NCc1ccc(S(=O)(=O)N3CCCCC3)cc1)C2. The number of nitrogens with zero attached hydrogens (tertiary/aromatic N) is 2. The van der Waals surface area contributed by atoms with Crippen molar-refractivity contribution in [1.29, 1.82) is 0 Å². The molecule has 0 bridgehead atoms. The molecule has 0 saturated carbocycles. The van der Waals surface area contributed by atoms with E-state index in [0.29, 0.717) is 44.0 Å². The summed E-state index contributed by atoms with van der Waals surface area (Å²) in [5, 5.41) is 5.78. The minimum atomic E-state index is -3.46. The highest BCUT2D eigenvalue weighted by Crippen LogP contribution is 2.26. The maximum Gasteiger partial charge on any atom is 0.317 e. The minimum Gasteiger partial charge on any atom is -0.334 e. The predicted octanol–water partition coefficient (Wildman–Crippen LogP) is 3.09. The number of fused-ring (bicyclic) bond motifs is 1. The molecule has 2 heterocycles. The first kappa shape index (κ1) is 23.3. The van der Waals surface area contributed by atoms with Crippen molar-refractivity contribution in [3.8, 4) is 0 Å². The van der Waals surface area contributed by atoms with Gasteiger partial charge < -0.3 is 15.5 Å². The second-order valence-electron chi connectivity index (χ2n) is 8.56. The highest BCUT2D eigenvalue weighted by atomic mass is 32.2. The molecule has 0 radical (unpaired) electrons. The Morgan fingerprint density at radius 3 is 2.39 bits per heavy atom. The van der Waals surface area contributed by atoms with Crippen LogP contribution < -0.4 is 10.6 Å². The number of hydrogen-bond acceptors (Lipinski definition) is 4. The van der Waals surface area contributed by atoms with Crippen LogP contribution in [0.25, 0.3) is 0 Å². The number of amides is 3. The van der Waals surface area contributed by atoms with E-state index >= 15 is 0 Å². The highest BCUT2D eigenvalue weighted by Gasteiger charge is 2.26. The summed E-state index contributed by atoms with van der Waals surface area (Å²) in [6.45, 7) is 3.98. The van der Waals surface area contributed by atoms with Gasteiger partial charge in [0, 0.05) is 45.3 Å². The molecule has 1 saturated heterocycles. The molecule has 2 aromatic carbocycles. The van der Waals surface area contributed by atoms with Crippen LogP contribution in [0.2, 0.25) is 0 Å². The molecule has 0 atom stereocenters. The van der Waals surface area contributed by atoms with Gasteiger partial charge >= 0.3 is 6.03 Å². The Kier molecular flexibility index (Phi) is 6.99. The van der Waals surface area contributed by atoms with Crippen molar-refractivity contribution in [2.75, 3.05) is 25.0 Å². The van der Waals surface area contributed by atoms with E-state index in [2.05, 4.69) is 10.6 Å². The zero-order valence-electron chi connectivity index (χ0n) is 18.8. The molecular weight excluding hydrogens is 440 g/mol. The molecule has 9 heteroatoms. The van der Waals surface area contributed by atoms with E-state index in [9.17, 15) is 18.0 Å². The fourth-order valence-corrected chi connectivity index (χ4v) is 5.93. The number of piperidine rings is 1. The molecule has 2 N–H and O–H groups in total. The van der Waals surface area contributed by atoms with Crippen molar-refractivity contribution < 1.29 is 18.0 Å². The number of carbonyl (C=O) groups is 2. The summed E-state index contributed by atoms with van der Waals surface area (Å²) in [6, 6.07) is 12.3. The zero-order chi connectivity index (χ0) is 23.4. The van der Waals surface area contributed by atoms with Crippen LogP contribution in [0.3, 0.4) is 0 Å². The molecular formula is C24H30N4O4S. The third-order valence-electron chi connectivity index (χ3n) is 6.18. The quantitative estimate of drug-likeness (QED) is 0.702. The average molecular weight is 471 g/mol. The topological polar surface area (TPSA) is 98.8 Å². The lowest BCUT2D eigenvalue weighted by Crippen LogP contribution is -2.42. The normalized spacial score (nSPS) is 16.7. The first-order chi connectivity index (χ1) is 15.8. The summed E-state index contributed by atoms with van der Waals surface area (Å²) in [7, 11) is -3.46. The van der Waals surface area contributed by atoms with E-state index in [1.165, 1.54) is 6.92 Å². The number of benzene rings is 2. The van der Waals surface area contributed by atoms with E-state index in [0.717, 1.165) is 41.6 Å². The number of hydrogen-bond donors (Lipinski definition) is 2. The minimum absolute atomic E-state index is 0.113. The van der Waals surface area contributed by atoms with Crippen molar-refractivity contribution >= 4 is 27.6 Å². The van der Waals surface area contributed by atoms with E-state index < -0.39 is 10.0 Å². The van der Waals surface area contributed by atoms with Crippen LogP contribution >= 0.6 is 0 Å². The Labute approximate surface area is 195 Å². The highest BCUT2D eigenvalue weighted by molar-refractivity contribution is 7.89. The zero-order valence-corrected chi connectivity index (χ0v) is 19.7. The number of nitrogens with one attached hydrogen (secondary N) is 2. The molecule has 1 fully saturated rings. The van der Waals surface area contributed by atoms with Gasteiger partial charge in [-0.05, 0) is 54.2 Å². The van der Waals surface area contributed by atoms with Crippen LogP contribution in [-0.4, -0.2) is 49.2 Å². The first-order valence-electron chi connectivity index (χ1n) is 11.3. The number of anilines is 1. The molecule has 0 aromatic heterocycles. The molecule has 33 heavy (non-hydrogen) atoms. The Morgan fingerprint density at radius 2 is 1.70 bits per heavy atom. The van der Waals surface area contributed by atoms with Crippen LogP contribution in [0.4, 0.5) is 10.5 Å². The standard InChI is InChI=1S/C24H30N4O4S/c1-18(29)26-23-7-5-6-20-17-27(15-12-22(20)23)24(30)25-16-19-8-10-21(11-9-19)33(31,32)28-13-3-2-4-14-28/h5-11H,2-4,12-17H2,1H3,(H,25,30)(H,26,29). The lowest BCUT2D eigenvalue weighted by molar-refractivity contribution is -0.114. The van der Waals surface area contributed by atoms with Crippen LogP contribution in [-0.2, 0) is 34.3 Å². The summed E-state index contributed by atoms with van der Waals surface area (Å²) in [5.41, 5.74) is 3.74. The van der Waals surface area contributed by atoms with Crippen LogP contribution in [0.1, 0.15) is 42.9 Å². The number of urea groups is 1. The van der Waals surface area contributed by atoms with E-state index in [4.69, 9.17) is 0 Å². The second-order valence-corrected chi connectivity index (χ2v) is 10.5. The van der Waals surface area contributed by atoms with Gasteiger partial charge in [0.1, 0.15) is 0 Å². The van der Waals surface area contributed by atoms with Gasteiger partial charge in [-0.1, -0.05) is 30.7 Å². The Bertz CT molecular complexity index is 1130. The van der Waals surface area contributed by atoms with Gasteiger partial charge in [0.15, 0.2) is 0 Å². The Hall–Kier alpha value is -2.91. The van der Waals surface area contributed by atoms with Gasteiger partial charge in [0.25, 0.3) is 0 Å². The van der Waals surface area contributed by atoms with Gasteiger partial charge in [0.05, 0.1) is 4.90 Å². The van der Waals surface area contributed by atoms with Gasteiger partial charge in [-0.2, -0.15) is 4.31 Å². The van der Waals surface area contributed by atoms with Crippen LogP contribution in [0.15, 0.2) is 47.4 Å². The lowest BCUT2D eigenvalue weighted by Gasteiger charge is -2.30. The van der Waals surface area contributed by atoms with Crippen molar-refractivity contribution in [3.63, 3.8) is 0 Å². The van der Waals surface area contributed by atoms with Gasteiger partial charge in [-0.3, -0.25) is 4.79 Å². The molecule has 2 aliphatic heterocycles. The predicted molar refractivity (Wildman–Crippen MR) is 126 cm³/mol. The van der Waals surface area contributed by atoms with Gasteiger partial charge in [0.2, 0.25) is 15.9 Å². The maximum atomic E-state index is 12.8. The molecule has 176 valence electrons. The fourth-order valence-electron chi connectivity index (χ4n) is 4.41. The molecule has 3 amide bonds. The fraction of sp³-hybridized carbons (Fsp3) is 0.417. The summed E-state index contributed by atoms with van der Waals surface area (Å²) in [6.07, 6.45) is 3.55. The third-order valence-corrected chi connectivity index (χ3v) is 8.10. The first-order valence-corrected chi connectivity index (χ1v) is 12.8. The van der Waals surface area contributed by atoms with E-state index in [1.807, 2.05) is 18.2 Å². The van der Waals surface area contributed by atoms with E-state index in [-0.39, 0.29) is 11.9 Å². The summed E-state index contributed by atoms with van der Waals surface area (Å²) in [4.78, 5) is 26.2. The van der Waals surface area contributed by atoms with Gasteiger partial charge in [-0.25, -0.2) is 13.2 Å². The number of carbonyl (C=O) groups excluding carboxylic acids is 2. The summed E-state index contributed by atoms with van der Waals surface area (Å²) in [5.74, 6) is -0.113. The molecule has 8 nitrogen and oxygen atoms in total. The smallest absolute Gasteiger partial charge is 0.317 e. The molecule has 0 aliphatic carbocycles. The molecule has 0 unspecified atom stereocenters. The summed E-state index contributed by atoms with van der Waals surface area (Å²) >= 11 is 0. The largest absolute Gasteiger partial charge is 0.334 e. The van der Waals surface area contributed by atoms with E-state index in [1.54, 1.807) is 33.5 Å². The van der Waals surface area contributed by atoms with Crippen LogP contribution in [0.5, 0.6) is 0 Å². The van der Waals surface area contributed by atoms with Crippen LogP contribution in [0, 0.1) is 0 Å². The van der Waals surface area contributed by atoms with Gasteiger partial charge in [-0.15, -0.1) is 0 Å². The average Bonchev–Trinajstić information content (AvgIpc) is 2.83. The maximum absolute atomic E-state index is 12.8. The third kappa shape index (κ3) is 5.36. The molecule has 4 rings (SSSR count). The summed E-state index contributed by atoms with van der Waals surface area (Å²) < 4.78 is 27.1. The second kappa shape index (κ2) is 9.93. The Morgan fingerprint density at radius 1 is 0.970 bits per heavy atom. The number of rotatable bonds is 5. The van der Waals surface area contributed by atoms with Crippen molar-refractivity contribution in [3.05, 3.63) is 59.2 Å². The number of sulfonamides is 1. The molecule has 0 spiro atoms. The van der Waals surface area contributed by atoms with Crippen molar-refractivity contribution in [2.45, 2.75) is 50.6 Å².